The van der Waals surface area contributed by atoms with E-state index in [0.29, 0.717) is 0 Å². The number of aromatic nitrogens is 4. The van der Waals surface area contributed by atoms with Crippen molar-refractivity contribution in [3.63, 3.8) is 0 Å². The second-order valence-electron chi connectivity index (χ2n) is 21.4. The van der Waals surface area contributed by atoms with Crippen LogP contribution in [-0.2, 0) is 14.4 Å². The van der Waals surface area contributed by atoms with Gasteiger partial charge in [0.2, 0.25) is 11.0 Å². The molecule has 5 aromatic rings. The van der Waals surface area contributed by atoms with E-state index in [-0.39, 0.29) is 72.8 Å². The first-order valence-electron chi connectivity index (χ1n) is 20.6. The summed E-state index contributed by atoms with van der Waals surface area (Å²) in [5.41, 5.74) is 2.95. The molecule has 0 amide bonds. The third kappa shape index (κ3) is 16.5. The third-order valence-corrected chi connectivity index (χ3v) is 9.22. The molecule has 0 aliphatic heterocycles. The molecule has 340 valence electrons. The number of carbonyl (C=O) groups is 3. The molecule has 0 bridgehead atoms. The number of benzene rings is 2. The van der Waals surface area contributed by atoms with Crippen molar-refractivity contribution in [2.75, 3.05) is 0 Å². The molecular formula is C51H68DyN4O6-2. The van der Waals surface area contributed by atoms with Crippen LogP contribution in [0.15, 0.2) is 96.4 Å². The summed E-state index contributed by atoms with van der Waals surface area (Å²) in [4.78, 5) is 51.8. The summed E-state index contributed by atoms with van der Waals surface area (Å²) in [5, 5.41) is 36.4. The maximum Gasteiger partial charge on any atom is 0.240 e. The zero-order valence-electron chi connectivity index (χ0n) is 40.1. The molecule has 0 spiro atoms. The molecule has 0 unspecified atom stereocenters. The number of nitrogens with one attached hydrogen (secondary N) is 1. The van der Waals surface area contributed by atoms with Crippen LogP contribution < -0.4 is 20.3 Å². The van der Waals surface area contributed by atoms with Gasteiger partial charge in [-0.25, -0.2) is 9.97 Å². The topological polar surface area (TPSA) is 173 Å². The van der Waals surface area contributed by atoms with Gasteiger partial charge < -0.3 is 15.3 Å². The molecule has 3 aromatic heterocycles. The molecule has 0 atom stereocenters. The van der Waals surface area contributed by atoms with E-state index in [2.05, 4.69) is 27.1 Å². The molecule has 3 heterocycles. The van der Waals surface area contributed by atoms with E-state index in [1.807, 2.05) is 161 Å². The van der Waals surface area contributed by atoms with Crippen molar-refractivity contribution >= 4 is 61.2 Å². The largest absolute Gasteiger partial charge is 0.875 e. The van der Waals surface area contributed by atoms with Crippen LogP contribution in [0.25, 0.3) is 43.9 Å². The smallest absolute Gasteiger partial charge is 0.240 e. The van der Waals surface area contributed by atoms with Crippen molar-refractivity contribution < 1.29 is 72.9 Å². The predicted octanol–water partition coefficient (Wildman–Crippen LogP) is 8.97. The zero-order valence-corrected chi connectivity index (χ0v) is 42.1. The van der Waals surface area contributed by atoms with Gasteiger partial charge in [-0.15, -0.1) is 17.3 Å². The third-order valence-electron chi connectivity index (χ3n) is 9.22. The van der Waals surface area contributed by atoms with Gasteiger partial charge in [-0.3, -0.25) is 24.4 Å². The van der Waals surface area contributed by atoms with Crippen LogP contribution in [0.2, 0.25) is 0 Å². The minimum absolute atomic E-state index is 0. The van der Waals surface area contributed by atoms with Crippen LogP contribution in [0, 0.1) is 70.7 Å². The molecule has 0 fully saturated rings. The maximum absolute atomic E-state index is 11.4. The van der Waals surface area contributed by atoms with Crippen LogP contribution in [0.1, 0.15) is 125 Å². The Kier molecular flexibility index (Phi) is 19.3. The SMILES string of the molecule is CC(C)(C)C(=O)/C=C(\[O-])C(C)(C)C.CC(C)(C)C(=O)/C=C(\[O-])C(C)(C)C.CC(C)(C)C(=O)/C=C(\[O-])C(C)(C)C.[Dy].c1ccc2[nH+]c3c4cccnc4c4ncccc4c3nc2c1. The van der Waals surface area contributed by atoms with Gasteiger partial charge in [0.15, 0.2) is 17.3 Å². The van der Waals surface area contributed by atoms with Crippen molar-refractivity contribution in [3.8, 4) is 0 Å². The number of carbonyl (C=O) groups excluding carboxylic acids is 3. The number of H-pyrrole nitrogens is 1. The Morgan fingerprint density at radius 2 is 0.806 bits per heavy atom. The summed E-state index contributed by atoms with van der Waals surface area (Å²) in [6.07, 6.45) is 7.27. The fourth-order valence-corrected chi connectivity index (χ4v) is 4.67. The van der Waals surface area contributed by atoms with Crippen LogP contribution in [0.3, 0.4) is 0 Å². The Bertz CT molecular complexity index is 2240. The van der Waals surface area contributed by atoms with Gasteiger partial charge in [0.25, 0.3) is 0 Å². The van der Waals surface area contributed by atoms with Crippen LogP contribution in [-0.4, -0.2) is 32.3 Å². The average Bonchev–Trinajstić information content (AvgIpc) is 3.12. The van der Waals surface area contributed by atoms with Crippen LogP contribution in [0.5, 0.6) is 0 Å². The first kappa shape index (κ1) is 55.8. The number of para-hydroxylation sites is 2. The second-order valence-corrected chi connectivity index (χ2v) is 21.4. The zero-order chi connectivity index (χ0) is 47.1. The van der Waals surface area contributed by atoms with Crippen LogP contribution in [0.4, 0.5) is 0 Å². The van der Waals surface area contributed by atoms with Crippen molar-refractivity contribution in [1.29, 1.82) is 0 Å². The Morgan fingerprint density at radius 1 is 0.468 bits per heavy atom. The summed E-state index contributed by atoms with van der Waals surface area (Å²) >= 11 is 0. The monoisotopic (exact) mass is 996 g/mol. The van der Waals surface area contributed by atoms with Gasteiger partial charge >= 0.3 is 0 Å². The Hall–Kier alpha value is -4.24. The standard InChI is InChI=1S/C18H10N4.3C11H20O2.Dy/c1-2-8-14-13(7-1)21-17-11-5-3-9-19-15(11)16-12(18(17)22-14)6-4-10-20-16;3*1-10(2,3)8(12)7-9(13)11(4,5)6;/h1-10H;3*7,12H,1-6H3;/p-2/b;3*8-7-;. The number of hydrogen-bond acceptors (Lipinski definition) is 9. The fourth-order valence-electron chi connectivity index (χ4n) is 4.67. The average molecular weight is 996 g/mol. The Morgan fingerprint density at radius 3 is 1.16 bits per heavy atom. The van der Waals surface area contributed by atoms with E-state index in [1.165, 1.54) is 18.2 Å². The normalized spacial score (nSPS) is 13.2. The molecule has 0 saturated carbocycles. The number of nitrogens with zero attached hydrogens (tertiary/aromatic N) is 3. The number of pyridine rings is 2. The summed E-state index contributed by atoms with van der Waals surface area (Å²) in [5.74, 6) is -0.625. The first-order chi connectivity index (χ1) is 27.6. The molecule has 1 N–H and O–H groups in total. The van der Waals surface area contributed by atoms with E-state index in [0.717, 1.165) is 43.9 Å². The summed E-state index contributed by atoms with van der Waals surface area (Å²) in [6.45, 7) is 32.5. The van der Waals surface area contributed by atoms with Gasteiger partial charge in [0.1, 0.15) is 16.6 Å². The number of allylic oxidation sites excluding steroid dienone is 6. The van der Waals surface area contributed by atoms with Crippen molar-refractivity contribution in [2.45, 2.75) is 125 Å². The molecule has 5 rings (SSSR count). The van der Waals surface area contributed by atoms with Crippen molar-refractivity contribution in [1.82, 2.24) is 15.0 Å². The Balaban J connectivity index is 0.000000429. The number of aromatic amines is 1. The molecule has 0 aliphatic rings. The van der Waals surface area contributed by atoms with Gasteiger partial charge in [0, 0.05) is 78.3 Å². The summed E-state index contributed by atoms with van der Waals surface area (Å²) < 4.78 is 0. The van der Waals surface area contributed by atoms with E-state index in [1.54, 1.807) is 12.4 Å². The Labute approximate surface area is 399 Å². The molecule has 0 radical (unpaired) electrons. The molecule has 11 heteroatoms. The molecule has 10 nitrogen and oxygen atoms in total. The maximum atomic E-state index is 11.4. The number of rotatable bonds is 3. The number of fused-ring (bicyclic) bond motifs is 7. The fraction of sp³-hybridized carbons (Fsp3) is 0.471. The van der Waals surface area contributed by atoms with E-state index in [4.69, 9.17) is 4.98 Å². The molecule has 62 heavy (non-hydrogen) atoms. The van der Waals surface area contributed by atoms with Crippen LogP contribution >= 0.6 is 0 Å². The van der Waals surface area contributed by atoms with E-state index in [9.17, 15) is 29.7 Å². The number of ketones is 3. The number of hydrogen-bond donors (Lipinski definition) is 0. The summed E-state index contributed by atoms with van der Waals surface area (Å²) in [7, 11) is 0. The molecule has 0 saturated heterocycles. The van der Waals surface area contributed by atoms with Gasteiger partial charge in [-0.1, -0.05) is 137 Å². The minimum atomic E-state index is -0.457. The minimum Gasteiger partial charge on any atom is -0.875 e. The van der Waals surface area contributed by atoms with E-state index >= 15 is 0 Å². The predicted molar refractivity (Wildman–Crippen MR) is 242 cm³/mol. The molecule has 0 aliphatic carbocycles. The summed E-state index contributed by atoms with van der Waals surface area (Å²) in [6, 6.07) is 16.1. The van der Waals surface area contributed by atoms with Gasteiger partial charge in [-0.05, 0) is 64.8 Å². The van der Waals surface area contributed by atoms with Gasteiger partial charge in [-0.2, -0.15) is 0 Å². The quantitative estimate of drug-likeness (QED) is 0.0740. The van der Waals surface area contributed by atoms with Crippen molar-refractivity contribution in [3.05, 3.63) is 96.4 Å². The van der Waals surface area contributed by atoms with Crippen molar-refractivity contribution in [2.24, 2.45) is 32.5 Å². The first-order valence-corrected chi connectivity index (χ1v) is 20.6. The van der Waals surface area contributed by atoms with E-state index < -0.39 is 32.5 Å². The molecule has 2 aromatic carbocycles. The van der Waals surface area contributed by atoms with Gasteiger partial charge in [0.05, 0.1) is 10.9 Å². The molecular weight excluding hydrogens is 927 g/mol. The second kappa shape index (κ2) is 21.4.